The molecule has 0 amide bonds. The van der Waals surface area contributed by atoms with Gasteiger partial charge in [-0.3, -0.25) is 9.30 Å². The highest BCUT2D eigenvalue weighted by molar-refractivity contribution is 5.34. The van der Waals surface area contributed by atoms with Gasteiger partial charge in [-0.05, 0) is 32.8 Å². The highest BCUT2D eigenvalue weighted by atomic mass is 16.3. The Morgan fingerprint density at radius 1 is 1.37 bits per heavy atom. The number of nitrogens with zero attached hydrogens (tertiary/aromatic N) is 4. The first-order valence-corrected chi connectivity index (χ1v) is 6.84. The molecule has 1 saturated carbocycles. The Kier molecular flexibility index (Phi) is 3.24. The fourth-order valence-corrected chi connectivity index (χ4v) is 2.56. The number of imidazole rings is 1. The van der Waals surface area contributed by atoms with Crippen molar-refractivity contribution < 1.29 is 5.11 Å². The Morgan fingerprint density at radius 3 is 2.84 bits per heavy atom. The topological polar surface area (TPSA) is 53.7 Å². The maximum atomic E-state index is 9.13. The van der Waals surface area contributed by atoms with E-state index in [0.29, 0.717) is 6.04 Å². The summed E-state index contributed by atoms with van der Waals surface area (Å²) in [6.07, 6.45) is 4.54. The van der Waals surface area contributed by atoms with Gasteiger partial charge in [0.1, 0.15) is 0 Å². The van der Waals surface area contributed by atoms with Crippen LogP contribution in [-0.4, -0.2) is 43.6 Å². The lowest BCUT2D eigenvalue weighted by atomic mass is 10.3. The van der Waals surface area contributed by atoms with E-state index in [2.05, 4.69) is 34.1 Å². The van der Waals surface area contributed by atoms with Crippen LogP contribution in [0.15, 0.2) is 12.3 Å². The predicted molar refractivity (Wildman–Crippen MR) is 73.0 cm³/mol. The summed E-state index contributed by atoms with van der Waals surface area (Å²) in [5.74, 6) is 0.771. The number of rotatable bonds is 5. The van der Waals surface area contributed by atoms with E-state index in [1.807, 2.05) is 11.3 Å². The molecule has 102 valence electrons. The Balaban J connectivity index is 1.86. The van der Waals surface area contributed by atoms with Crippen LogP contribution in [0.1, 0.15) is 29.9 Å². The zero-order chi connectivity index (χ0) is 13.4. The van der Waals surface area contributed by atoms with Crippen molar-refractivity contribution in [2.45, 2.75) is 39.3 Å². The van der Waals surface area contributed by atoms with E-state index in [0.717, 1.165) is 35.9 Å². The third kappa shape index (κ3) is 2.62. The van der Waals surface area contributed by atoms with E-state index in [1.165, 1.54) is 12.8 Å². The zero-order valence-electron chi connectivity index (χ0n) is 11.5. The van der Waals surface area contributed by atoms with E-state index in [1.54, 1.807) is 0 Å². The molecule has 0 aromatic carbocycles. The molecule has 2 aromatic rings. The lowest BCUT2D eigenvalue weighted by Gasteiger charge is -2.19. The quantitative estimate of drug-likeness (QED) is 0.880. The van der Waals surface area contributed by atoms with Crippen LogP contribution in [0.25, 0.3) is 5.78 Å². The smallest absolute Gasteiger partial charge is 0.234 e. The lowest BCUT2D eigenvalue weighted by molar-refractivity contribution is 0.182. The molecule has 0 saturated heterocycles. The summed E-state index contributed by atoms with van der Waals surface area (Å²) in [5.41, 5.74) is 3.18. The molecule has 2 aromatic heterocycles. The predicted octanol–water partition coefficient (Wildman–Crippen LogP) is 1.30. The van der Waals surface area contributed by atoms with Gasteiger partial charge in [-0.15, -0.1) is 0 Å². The fraction of sp³-hybridized carbons (Fsp3) is 0.571. The number of aryl methyl sites for hydroxylation is 2. The summed E-state index contributed by atoms with van der Waals surface area (Å²) >= 11 is 0. The van der Waals surface area contributed by atoms with Gasteiger partial charge in [0.2, 0.25) is 5.78 Å². The average molecular weight is 260 g/mol. The minimum Gasteiger partial charge on any atom is -0.395 e. The number of aliphatic hydroxyl groups excluding tert-OH is 1. The molecule has 3 rings (SSSR count). The van der Waals surface area contributed by atoms with Crippen molar-refractivity contribution in [1.82, 2.24) is 19.3 Å². The standard InChI is InChI=1S/C14H20N4O/c1-10-7-11(2)18-9-12(16-14(18)15-10)8-17(5-6-19)13-3-4-13/h7,9,13,19H,3-6,8H2,1-2H3. The Labute approximate surface area is 112 Å². The molecular formula is C14H20N4O. The van der Waals surface area contributed by atoms with Crippen molar-refractivity contribution in [3.63, 3.8) is 0 Å². The van der Waals surface area contributed by atoms with Crippen molar-refractivity contribution in [1.29, 1.82) is 0 Å². The van der Waals surface area contributed by atoms with Crippen LogP contribution in [0.5, 0.6) is 0 Å². The number of aliphatic hydroxyl groups is 1. The van der Waals surface area contributed by atoms with Gasteiger partial charge in [0.25, 0.3) is 0 Å². The zero-order valence-corrected chi connectivity index (χ0v) is 11.5. The maximum Gasteiger partial charge on any atom is 0.234 e. The Hall–Kier alpha value is -1.46. The van der Waals surface area contributed by atoms with Crippen LogP contribution < -0.4 is 0 Å². The van der Waals surface area contributed by atoms with E-state index < -0.39 is 0 Å². The molecule has 0 bridgehead atoms. The van der Waals surface area contributed by atoms with Gasteiger partial charge < -0.3 is 5.11 Å². The number of fused-ring (bicyclic) bond motifs is 1. The molecule has 1 aliphatic rings. The second-order valence-electron chi connectivity index (χ2n) is 5.37. The third-order valence-electron chi connectivity index (χ3n) is 3.63. The van der Waals surface area contributed by atoms with Crippen molar-refractivity contribution in [3.05, 3.63) is 29.3 Å². The van der Waals surface area contributed by atoms with Gasteiger partial charge in [-0.2, -0.15) is 0 Å². The average Bonchev–Trinajstić information content (AvgIpc) is 3.11. The first kappa shape index (κ1) is 12.6. The summed E-state index contributed by atoms with van der Waals surface area (Å²) in [6.45, 7) is 5.79. The van der Waals surface area contributed by atoms with E-state index in [4.69, 9.17) is 5.11 Å². The molecule has 0 unspecified atom stereocenters. The molecule has 0 aliphatic heterocycles. The number of aromatic nitrogens is 3. The molecule has 1 N–H and O–H groups in total. The molecule has 5 heteroatoms. The van der Waals surface area contributed by atoms with Crippen LogP contribution in [0.3, 0.4) is 0 Å². The Morgan fingerprint density at radius 2 is 2.16 bits per heavy atom. The highest BCUT2D eigenvalue weighted by Gasteiger charge is 2.29. The summed E-state index contributed by atoms with van der Waals surface area (Å²) < 4.78 is 2.03. The molecule has 0 spiro atoms. The minimum absolute atomic E-state index is 0.209. The molecule has 5 nitrogen and oxygen atoms in total. The fourth-order valence-electron chi connectivity index (χ4n) is 2.56. The van der Waals surface area contributed by atoms with E-state index >= 15 is 0 Å². The van der Waals surface area contributed by atoms with Crippen molar-refractivity contribution >= 4 is 5.78 Å². The summed E-state index contributed by atoms with van der Waals surface area (Å²) in [6, 6.07) is 2.69. The summed E-state index contributed by atoms with van der Waals surface area (Å²) in [5, 5.41) is 9.13. The van der Waals surface area contributed by atoms with Gasteiger partial charge in [-0.1, -0.05) is 0 Å². The first-order chi connectivity index (χ1) is 9.17. The van der Waals surface area contributed by atoms with Crippen LogP contribution in [0, 0.1) is 13.8 Å². The van der Waals surface area contributed by atoms with Crippen LogP contribution in [0.2, 0.25) is 0 Å². The van der Waals surface area contributed by atoms with Gasteiger partial charge in [0, 0.05) is 36.7 Å². The number of hydrogen-bond donors (Lipinski definition) is 1. The van der Waals surface area contributed by atoms with Crippen molar-refractivity contribution in [2.75, 3.05) is 13.2 Å². The first-order valence-electron chi connectivity index (χ1n) is 6.84. The monoisotopic (exact) mass is 260 g/mol. The van der Waals surface area contributed by atoms with E-state index in [9.17, 15) is 0 Å². The summed E-state index contributed by atoms with van der Waals surface area (Å²) in [4.78, 5) is 11.4. The molecule has 19 heavy (non-hydrogen) atoms. The van der Waals surface area contributed by atoms with Crippen molar-refractivity contribution in [3.8, 4) is 0 Å². The highest BCUT2D eigenvalue weighted by Crippen LogP contribution is 2.27. The largest absolute Gasteiger partial charge is 0.395 e. The minimum atomic E-state index is 0.209. The van der Waals surface area contributed by atoms with Gasteiger partial charge in [-0.25, -0.2) is 9.97 Å². The Bertz CT molecular complexity index is 588. The van der Waals surface area contributed by atoms with Crippen LogP contribution >= 0.6 is 0 Å². The number of hydrogen-bond acceptors (Lipinski definition) is 4. The van der Waals surface area contributed by atoms with Gasteiger partial charge in [0.15, 0.2) is 0 Å². The third-order valence-corrected chi connectivity index (χ3v) is 3.63. The molecule has 1 fully saturated rings. The maximum absolute atomic E-state index is 9.13. The second-order valence-corrected chi connectivity index (χ2v) is 5.37. The molecule has 0 radical (unpaired) electrons. The van der Waals surface area contributed by atoms with Gasteiger partial charge in [0.05, 0.1) is 12.3 Å². The van der Waals surface area contributed by atoms with Crippen molar-refractivity contribution in [2.24, 2.45) is 0 Å². The molecule has 1 aliphatic carbocycles. The normalized spacial score (nSPS) is 15.6. The molecule has 0 atom stereocenters. The van der Waals surface area contributed by atoms with Gasteiger partial charge >= 0.3 is 0 Å². The SMILES string of the molecule is Cc1cc(C)n2cc(CN(CCO)C3CC3)nc2n1. The second kappa shape index (κ2) is 4.90. The molecular weight excluding hydrogens is 240 g/mol. The van der Waals surface area contributed by atoms with E-state index in [-0.39, 0.29) is 6.61 Å². The summed E-state index contributed by atoms with van der Waals surface area (Å²) in [7, 11) is 0. The lowest BCUT2D eigenvalue weighted by Crippen LogP contribution is -2.28. The van der Waals surface area contributed by atoms with Crippen LogP contribution in [0.4, 0.5) is 0 Å². The molecule has 2 heterocycles. The van der Waals surface area contributed by atoms with Crippen LogP contribution in [-0.2, 0) is 6.54 Å².